The number of carbonyl (C=O) groups is 2. The van der Waals surface area contributed by atoms with Gasteiger partial charge in [0.15, 0.2) is 0 Å². The van der Waals surface area contributed by atoms with E-state index < -0.39 is 5.92 Å². The van der Waals surface area contributed by atoms with Crippen LogP contribution >= 0.6 is 11.6 Å². The quantitative estimate of drug-likeness (QED) is 0.583. The van der Waals surface area contributed by atoms with Crippen LogP contribution in [0.1, 0.15) is 12.0 Å². The van der Waals surface area contributed by atoms with Crippen LogP contribution in [0.5, 0.6) is 11.5 Å². The van der Waals surface area contributed by atoms with E-state index in [1.54, 1.807) is 30.2 Å². The molecule has 0 spiro atoms. The molecule has 7 nitrogen and oxygen atoms in total. The molecule has 1 aliphatic heterocycles. The summed E-state index contributed by atoms with van der Waals surface area (Å²) in [6.45, 7) is 0.945. The number of amides is 2. The van der Waals surface area contributed by atoms with Gasteiger partial charge in [-0.05, 0) is 42.3 Å². The molecule has 2 amide bonds. The van der Waals surface area contributed by atoms with Gasteiger partial charge in [0.05, 0.1) is 25.8 Å². The second-order valence-electron chi connectivity index (χ2n) is 7.55. The number of carbonyl (C=O) groups excluding carboxylic acids is 2. The fourth-order valence-corrected chi connectivity index (χ4v) is 4.09. The molecule has 1 aromatic heterocycles. The molecule has 3 aromatic rings. The maximum absolute atomic E-state index is 12.8. The molecular weight excluding hydrogens is 418 g/mol. The zero-order chi connectivity index (χ0) is 22.0. The Labute approximate surface area is 185 Å². The largest absolute Gasteiger partial charge is 0.497 e. The van der Waals surface area contributed by atoms with Crippen molar-refractivity contribution in [3.05, 3.63) is 53.2 Å². The minimum Gasteiger partial charge on any atom is -0.497 e. The molecule has 1 fully saturated rings. The molecule has 0 aliphatic carbocycles. The maximum Gasteiger partial charge on any atom is 0.229 e. The normalized spacial score (nSPS) is 16.0. The topological polar surface area (TPSA) is 83.7 Å². The second-order valence-corrected chi connectivity index (χ2v) is 7.99. The van der Waals surface area contributed by atoms with Gasteiger partial charge >= 0.3 is 0 Å². The van der Waals surface area contributed by atoms with Gasteiger partial charge in [-0.3, -0.25) is 9.59 Å². The number of ether oxygens (including phenoxy) is 2. The van der Waals surface area contributed by atoms with Gasteiger partial charge in [-0.25, -0.2) is 0 Å². The molecule has 1 atom stereocenters. The molecule has 2 heterocycles. The van der Waals surface area contributed by atoms with Crippen LogP contribution in [-0.2, 0) is 16.0 Å². The van der Waals surface area contributed by atoms with Gasteiger partial charge in [-0.2, -0.15) is 0 Å². The summed E-state index contributed by atoms with van der Waals surface area (Å²) in [5, 5.41) is 4.61. The first kappa shape index (κ1) is 21.1. The number of methoxy groups -OCH3 is 2. The lowest BCUT2D eigenvalue weighted by Gasteiger charge is -2.17. The molecule has 0 bridgehead atoms. The number of aromatic amines is 1. The predicted octanol–water partition coefficient (Wildman–Crippen LogP) is 3.87. The van der Waals surface area contributed by atoms with Crippen LogP contribution in [0.2, 0.25) is 5.02 Å². The van der Waals surface area contributed by atoms with E-state index >= 15 is 0 Å². The number of hydrogen-bond acceptors (Lipinski definition) is 4. The highest BCUT2D eigenvalue weighted by Crippen LogP contribution is 2.30. The van der Waals surface area contributed by atoms with E-state index in [1.807, 2.05) is 24.4 Å². The van der Waals surface area contributed by atoms with E-state index in [0.717, 1.165) is 16.5 Å². The molecule has 31 heavy (non-hydrogen) atoms. The van der Waals surface area contributed by atoms with Crippen LogP contribution in [0, 0.1) is 5.92 Å². The van der Waals surface area contributed by atoms with Crippen molar-refractivity contribution in [2.24, 2.45) is 5.92 Å². The molecule has 1 saturated heterocycles. The molecule has 0 unspecified atom stereocenters. The highest BCUT2D eigenvalue weighted by atomic mass is 35.5. The first-order chi connectivity index (χ1) is 15.0. The van der Waals surface area contributed by atoms with Crippen LogP contribution in [0.15, 0.2) is 42.6 Å². The number of nitrogens with one attached hydrogen (secondary N) is 2. The van der Waals surface area contributed by atoms with Crippen LogP contribution in [0.25, 0.3) is 10.9 Å². The van der Waals surface area contributed by atoms with Crippen molar-refractivity contribution in [3.8, 4) is 11.5 Å². The summed E-state index contributed by atoms with van der Waals surface area (Å²) in [6.07, 6.45) is 2.83. The lowest BCUT2D eigenvalue weighted by atomic mass is 10.1. The number of fused-ring (bicyclic) bond motifs is 1. The maximum atomic E-state index is 12.8. The highest BCUT2D eigenvalue weighted by Gasteiger charge is 2.34. The molecule has 4 rings (SSSR count). The Morgan fingerprint density at radius 3 is 2.84 bits per heavy atom. The zero-order valence-corrected chi connectivity index (χ0v) is 18.2. The summed E-state index contributed by atoms with van der Waals surface area (Å²) >= 11 is 6.12. The molecule has 2 N–H and O–H groups in total. The summed E-state index contributed by atoms with van der Waals surface area (Å²) in [6, 6.07) is 10.9. The number of rotatable bonds is 7. The molecular formula is C23H24ClN3O4. The number of benzene rings is 2. The summed E-state index contributed by atoms with van der Waals surface area (Å²) in [5.74, 6) is 0.525. The zero-order valence-electron chi connectivity index (χ0n) is 17.4. The van der Waals surface area contributed by atoms with Gasteiger partial charge in [0.25, 0.3) is 0 Å². The van der Waals surface area contributed by atoms with E-state index in [9.17, 15) is 9.59 Å². The van der Waals surface area contributed by atoms with Gasteiger partial charge in [0, 0.05) is 47.7 Å². The molecule has 0 saturated carbocycles. The average molecular weight is 442 g/mol. The lowest BCUT2D eigenvalue weighted by molar-refractivity contribution is -0.128. The van der Waals surface area contributed by atoms with Crippen molar-refractivity contribution < 1.29 is 19.1 Å². The predicted molar refractivity (Wildman–Crippen MR) is 120 cm³/mol. The summed E-state index contributed by atoms with van der Waals surface area (Å²) in [5.41, 5.74) is 2.66. The Hall–Kier alpha value is -3.19. The second kappa shape index (κ2) is 8.89. The Morgan fingerprint density at radius 1 is 1.23 bits per heavy atom. The summed E-state index contributed by atoms with van der Waals surface area (Å²) in [7, 11) is 3.10. The lowest BCUT2D eigenvalue weighted by Crippen LogP contribution is -2.30. The smallest absolute Gasteiger partial charge is 0.229 e. The van der Waals surface area contributed by atoms with Crippen molar-refractivity contribution in [1.82, 2.24) is 9.88 Å². The Morgan fingerprint density at radius 2 is 2.06 bits per heavy atom. The van der Waals surface area contributed by atoms with Crippen LogP contribution in [0.4, 0.5) is 5.69 Å². The number of H-pyrrole nitrogens is 1. The highest BCUT2D eigenvalue weighted by molar-refractivity contribution is 6.31. The minimum atomic E-state index is -0.406. The minimum absolute atomic E-state index is 0.0141. The number of anilines is 1. The number of aromatic nitrogens is 1. The van der Waals surface area contributed by atoms with Gasteiger partial charge < -0.3 is 24.7 Å². The number of nitrogens with zero attached hydrogens (tertiary/aromatic N) is 1. The van der Waals surface area contributed by atoms with Gasteiger partial charge in [0.1, 0.15) is 11.5 Å². The molecule has 0 radical (unpaired) electrons. The van der Waals surface area contributed by atoms with Crippen LogP contribution in [0.3, 0.4) is 0 Å². The van der Waals surface area contributed by atoms with E-state index in [-0.39, 0.29) is 18.2 Å². The number of halogens is 1. The van der Waals surface area contributed by atoms with Gasteiger partial charge in [0.2, 0.25) is 11.8 Å². The third-order valence-electron chi connectivity index (χ3n) is 5.63. The van der Waals surface area contributed by atoms with Crippen molar-refractivity contribution in [2.45, 2.75) is 12.8 Å². The van der Waals surface area contributed by atoms with Gasteiger partial charge in [-0.15, -0.1) is 0 Å². The fourth-order valence-electron chi connectivity index (χ4n) is 3.91. The average Bonchev–Trinajstić information content (AvgIpc) is 3.35. The number of likely N-dealkylation sites (tertiary alicyclic amines) is 1. The molecule has 8 heteroatoms. The first-order valence-corrected chi connectivity index (χ1v) is 10.4. The van der Waals surface area contributed by atoms with E-state index in [2.05, 4.69) is 10.3 Å². The molecule has 1 aliphatic rings. The summed E-state index contributed by atoms with van der Waals surface area (Å²) in [4.78, 5) is 30.3. The monoisotopic (exact) mass is 441 g/mol. The van der Waals surface area contributed by atoms with E-state index in [0.29, 0.717) is 41.7 Å². The Kier molecular flexibility index (Phi) is 6.04. The van der Waals surface area contributed by atoms with Crippen molar-refractivity contribution in [1.29, 1.82) is 0 Å². The third kappa shape index (κ3) is 4.46. The SMILES string of the molecule is COc1ccc(NC(=O)[C@@H]2CC(=O)N(CCc3c[nH]c4ccc(Cl)cc34)C2)c(OC)c1. The van der Waals surface area contributed by atoms with Crippen LogP contribution in [-0.4, -0.2) is 49.0 Å². The fraction of sp³-hybridized carbons (Fsp3) is 0.304. The third-order valence-corrected chi connectivity index (χ3v) is 5.87. The molecule has 2 aromatic carbocycles. The van der Waals surface area contributed by atoms with Crippen molar-refractivity contribution in [2.75, 3.05) is 32.6 Å². The Balaban J connectivity index is 1.38. The Bertz CT molecular complexity index is 1130. The van der Waals surface area contributed by atoms with E-state index in [4.69, 9.17) is 21.1 Å². The summed E-state index contributed by atoms with van der Waals surface area (Å²) < 4.78 is 10.5. The van der Waals surface area contributed by atoms with Crippen molar-refractivity contribution >= 4 is 40.0 Å². The molecule has 162 valence electrons. The first-order valence-electron chi connectivity index (χ1n) is 10.0. The number of hydrogen-bond donors (Lipinski definition) is 2. The van der Waals surface area contributed by atoms with Crippen molar-refractivity contribution in [3.63, 3.8) is 0 Å². The standard InChI is InChI=1S/C23H24ClN3O4/c1-30-17-4-6-20(21(11-17)31-2)26-23(29)15-9-22(28)27(13-15)8-7-14-12-25-19-5-3-16(24)10-18(14)19/h3-6,10-12,15,25H,7-9,13H2,1-2H3,(H,26,29)/t15-/m1/s1. The van der Waals surface area contributed by atoms with Gasteiger partial charge in [-0.1, -0.05) is 11.6 Å². The van der Waals surface area contributed by atoms with E-state index in [1.165, 1.54) is 7.11 Å². The van der Waals surface area contributed by atoms with Crippen LogP contribution < -0.4 is 14.8 Å².